The summed E-state index contributed by atoms with van der Waals surface area (Å²) in [7, 11) is 4.35. The summed E-state index contributed by atoms with van der Waals surface area (Å²) in [4.78, 5) is 7.49. The van der Waals surface area contributed by atoms with Crippen molar-refractivity contribution in [2.24, 2.45) is 0 Å². The first-order valence-corrected chi connectivity index (χ1v) is 6.25. The Hall–Kier alpha value is -0.120. The van der Waals surface area contributed by atoms with E-state index in [0.29, 0.717) is 6.29 Å². The van der Waals surface area contributed by atoms with Crippen molar-refractivity contribution in [1.29, 1.82) is 0 Å². The molecular formula is C13H29N3. The Morgan fingerprint density at radius 3 is 1.31 bits per heavy atom. The molecule has 0 spiro atoms. The van der Waals surface area contributed by atoms with Crippen molar-refractivity contribution in [3.05, 3.63) is 0 Å². The van der Waals surface area contributed by atoms with Crippen molar-refractivity contribution in [3.8, 4) is 0 Å². The van der Waals surface area contributed by atoms with E-state index in [-0.39, 0.29) is 11.1 Å². The van der Waals surface area contributed by atoms with Gasteiger partial charge in [-0.25, -0.2) is 0 Å². The molecule has 0 N–H and O–H groups in total. The van der Waals surface area contributed by atoms with Crippen molar-refractivity contribution < 1.29 is 0 Å². The lowest BCUT2D eigenvalue weighted by Crippen LogP contribution is -2.58. The van der Waals surface area contributed by atoms with Gasteiger partial charge in [0, 0.05) is 24.2 Å². The molecule has 0 unspecified atom stereocenters. The SMILES string of the molecule is CN(C)C1N(C(C)(C)C)CCN1C(C)(C)C. The van der Waals surface area contributed by atoms with Crippen LogP contribution in [0, 0.1) is 0 Å². The summed E-state index contributed by atoms with van der Waals surface area (Å²) in [5.74, 6) is 0. The van der Waals surface area contributed by atoms with Crippen molar-refractivity contribution in [3.63, 3.8) is 0 Å². The van der Waals surface area contributed by atoms with E-state index >= 15 is 0 Å². The standard InChI is InChI=1S/C13H29N3/c1-12(2,3)15-9-10-16(13(4,5)6)11(15)14(7)8/h11H,9-10H2,1-8H3. The summed E-state index contributed by atoms with van der Waals surface area (Å²) in [5.41, 5.74) is 0.462. The van der Waals surface area contributed by atoms with Gasteiger partial charge in [0.25, 0.3) is 0 Å². The Kier molecular flexibility index (Phi) is 3.73. The molecule has 1 heterocycles. The molecule has 96 valence electrons. The van der Waals surface area contributed by atoms with Gasteiger partial charge in [0.05, 0.1) is 0 Å². The largest absolute Gasteiger partial charge is 0.282 e. The number of hydrogen-bond acceptors (Lipinski definition) is 3. The Bertz CT molecular complexity index is 213. The summed E-state index contributed by atoms with van der Waals surface area (Å²) in [5, 5.41) is 0. The highest BCUT2D eigenvalue weighted by molar-refractivity contribution is 4.93. The Morgan fingerprint density at radius 1 is 0.812 bits per heavy atom. The molecule has 0 saturated carbocycles. The molecule has 0 aromatic carbocycles. The number of rotatable bonds is 1. The zero-order chi connectivity index (χ0) is 12.7. The van der Waals surface area contributed by atoms with E-state index in [0.717, 1.165) is 13.1 Å². The molecule has 3 nitrogen and oxygen atoms in total. The highest BCUT2D eigenvalue weighted by Crippen LogP contribution is 2.30. The van der Waals surface area contributed by atoms with E-state index in [1.54, 1.807) is 0 Å². The van der Waals surface area contributed by atoms with E-state index in [2.05, 4.69) is 70.3 Å². The van der Waals surface area contributed by atoms with E-state index < -0.39 is 0 Å². The predicted molar refractivity (Wildman–Crippen MR) is 70.4 cm³/mol. The highest BCUT2D eigenvalue weighted by Gasteiger charge is 2.43. The van der Waals surface area contributed by atoms with Crippen LogP contribution in [0.1, 0.15) is 41.5 Å². The molecule has 1 fully saturated rings. The van der Waals surface area contributed by atoms with Crippen LogP contribution < -0.4 is 0 Å². The Morgan fingerprint density at radius 2 is 1.12 bits per heavy atom. The van der Waals surface area contributed by atoms with Gasteiger partial charge in [0.2, 0.25) is 0 Å². The second-order valence-corrected chi connectivity index (χ2v) is 7.04. The van der Waals surface area contributed by atoms with Gasteiger partial charge in [0.1, 0.15) is 6.29 Å². The number of hydrogen-bond donors (Lipinski definition) is 0. The van der Waals surface area contributed by atoms with E-state index in [4.69, 9.17) is 0 Å². The average Bonchev–Trinajstić information content (AvgIpc) is 2.43. The third-order valence-electron chi connectivity index (χ3n) is 3.32. The minimum Gasteiger partial charge on any atom is -0.282 e. The van der Waals surface area contributed by atoms with Crippen LogP contribution in [0.15, 0.2) is 0 Å². The minimum absolute atomic E-state index is 0.231. The molecule has 0 amide bonds. The van der Waals surface area contributed by atoms with Gasteiger partial charge < -0.3 is 0 Å². The van der Waals surface area contributed by atoms with Crippen LogP contribution in [0.25, 0.3) is 0 Å². The smallest absolute Gasteiger partial charge is 0.120 e. The molecule has 1 aliphatic rings. The van der Waals surface area contributed by atoms with Gasteiger partial charge in [-0.15, -0.1) is 0 Å². The van der Waals surface area contributed by atoms with Crippen LogP contribution in [0.2, 0.25) is 0 Å². The van der Waals surface area contributed by atoms with Crippen LogP contribution in [0.3, 0.4) is 0 Å². The summed E-state index contributed by atoms with van der Waals surface area (Å²) in [6.07, 6.45) is 0.417. The first-order valence-electron chi connectivity index (χ1n) is 6.25. The average molecular weight is 227 g/mol. The molecule has 1 saturated heterocycles. The van der Waals surface area contributed by atoms with E-state index in [1.807, 2.05) is 0 Å². The second-order valence-electron chi connectivity index (χ2n) is 7.04. The zero-order valence-electron chi connectivity index (χ0n) is 12.3. The second kappa shape index (κ2) is 4.28. The fourth-order valence-electron chi connectivity index (χ4n) is 2.54. The first-order chi connectivity index (χ1) is 7.05. The molecule has 0 aliphatic carbocycles. The third-order valence-corrected chi connectivity index (χ3v) is 3.32. The number of nitrogens with zero attached hydrogens (tertiary/aromatic N) is 3. The normalized spacial score (nSPS) is 22.3. The van der Waals surface area contributed by atoms with Gasteiger partial charge in [0.15, 0.2) is 0 Å². The molecule has 0 atom stereocenters. The van der Waals surface area contributed by atoms with Crippen LogP contribution in [0.4, 0.5) is 0 Å². The molecule has 16 heavy (non-hydrogen) atoms. The molecule has 0 bridgehead atoms. The molecule has 0 radical (unpaired) electrons. The molecule has 0 aromatic rings. The first kappa shape index (κ1) is 13.9. The van der Waals surface area contributed by atoms with Crippen LogP contribution in [-0.2, 0) is 0 Å². The van der Waals surface area contributed by atoms with E-state index in [9.17, 15) is 0 Å². The Labute approximate surface area is 101 Å². The fourth-order valence-corrected chi connectivity index (χ4v) is 2.54. The third kappa shape index (κ3) is 2.76. The Balaban J connectivity index is 2.94. The van der Waals surface area contributed by atoms with Crippen LogP contribution in [-0.4, -0.2) is 59.3 Å². The summed E-state index contributed by atoms with van der Waals surface area (Å²) in [6.45, 7) is 16.1. The lowest BCUT2D eigenvalue weighted by Gasteiger charge is -2.46. The molecule has 3 heteroatoms. The van der Waals surface area contributed by atoms with Crippen molar-refractivity contribution in [2.45, 2.75) is 58.9 Å². The monoisotopic (exact) mass is 227 g/mol. The van der Waals surface area contributed by atoms with Crippen LogP contribution in [0.5, 0.6) is 0 Å². The molecule has 1 rings (SSSR count). The van der Waals surface area contributed by atoms with Gasteiger partial charge >= 0.3 is 0 Å². The van der Waals surface area contributed by atoms with Crippen molar-refractivity contribution in [2.75, 3.05) is 27.2 Å². The topological polar surface area (TPSA) is 9.72 Å². The van der Waals surface area contributed by atoms with Gasteiger partial charge in [-0.05, 0) is 55.6 Å². The zero-order valence-corrected chi connectivity index (χ0v) is 12.3. The highest BCUT2D eigenvalue weighted by atomic mass is 15.6. The molecule has 1 aliphatic heterocycles. The van der Waals surface area contributed by atoms with Gasteiger partial charge in [-0.1, -0.05) is 0 Å². The molecule has 0 aromatic heterocycles. The van der Waals surface area contributed by atoms with E-state index in [1.165, 1.54) is 0 Å². The maximum atomic E-state index is 2.58. The lowest BCUT2D eigenvalue weighted by molar-refractivity contribution is -0.0610. The summed E-state index contributed by atoms with van der Waals surface area (Å²) in [6, 6.07) is 0. The summed E-state index contributed by atoms with van der Waals surface area (Å²) < 4.78 is 0. The minimum atomic E-state index is 0.231. The summed E-state index contributed by atoms with van der Waals surface area (Å²) >= 11 is 0. The quantitative estimate of drug-likeness (QED) is 0.679. The maximum absolute atomic E-state index is 2.58. The van der Waals surface area contributed by atoms with Crippen molar-refractivity contribution in [1.82, 2.24) is 14.7 Å². The maximum Gasteiger partial charge on any atom is 0.120 e. The fraction of sp³-hybridized carbons (Fsp3) is 1.00. The van der Waals surface area contributed by atoms with Crippen LogP contribution >= 0.6 is 0 Å². The van der Waals surface area contributed by atoms with Gasteiger partial charge in [-0.2, -0.15) is 0 Å². The van der Waals surface area contributed by atoms with Crippen molar-refractivity contribution >= 4 is 0 Å². The van der Waals surface area contributed by atoms with Gasteiger partial charge in [-0.3, -0.25) is 14.7 Å². The molecular weight excluding hydrogens is 198 g/mol. The lowest BCUT2D eigenvalue weighted by atomic mass is 10.1. The predicted octanol–water partition coefficient (Wildman–Crippen LogP) is 2.05.